The van der Waals surface area contributed by atoms with Gasteiger partial charge in [0.05, 0.1) is 5.56 Å². The fraction of sp³-hybridized carbons (Fsp3) is 0.400. The first-order valence-electron chi connectivity index (χ1n) is 7.19. The smallest absolute Gasteiger partial charge is 0.253 e. The van der Waals surface area contributed by atoms with Crippen molar-refractivity contribution in [3.8, 4) is 6.07 Å². The average molecular weight is 281 g/mol. The number of nitriles is 1. The van der Waals surface area contributed by atoms with Crippen molar-refractivity contribution in [1.29, 1.82) is 5.26 Å². The number of carbonyl (C=O) groups excluding carboxylic acids is 1. The summed E-state index contributed by atoms with van der Waals surface area (Å²) >= 11 is 0. The van der Waals surface area contributed by atoms with Crippen LogP contribution in [0.3, 0.4) is 0 Å². The van der Waals surface area contributed by atoms with Gasteiger partial charge in [0.15, 0.2) is 5.69 Å². The summed E-state index contributed by atoms with van der Waals surface area (Å²) in [4.78, 5) is 16.5. The standard InChI is InChI=1S/C15H15N5O/c16-6-11-8-20-7-9(1-4-14(20)18-11)15(21)19-13-5-10-2-3-12(13)17-10/h1,4,7-8,10,12-13,17H,2-3,5H2,(H,19,21)/t10-,12+,13-/m1/s1. The minimum Gasteiger partial charge on any atom is -0.348 e. The van der Waals surface area contributed by atoms with Crippen LogP contribution in [0.5, 0.6) is 0 Å². The summed E-state index contributed by atoms with van der Waals surface area (Å²) in [6.45, 7) is 0. The van der Waals surface area contributed by atoms with Gasteiger partial charge in [-0.2, -0.15) is 5.26 Å². The maximum atomic E-state index is 12.4. The van der Waals surface area contributed by atoms with Crippen LogP contribution in [-0.2, 0) is 0 Å². The molecule has 0 radical (unpaired) electrons. The summed E-state index contributed by atoms with van der Waals surface area (Å²) in [6, 6.07) is 6.72. The Bertz CT molecular complexity index is 759. The molecule has 1 amide bonds. The van der Waals surface area contributed by atoms with Crippen LogP contribution in [0.1, 0.15) is 35.3 Å². The third-order valence-corrected chi connectivity index (χ3v) is 4.44. The van der Waals surface area contributed by atoms with Gasteiger partial charge in [0, 0.05) is 30.5 Å². The Balaban J connectivity index is 1.55. The van der Waals surface area contributed by atoms with E-state index in [0.717, 1.165) is 12.8 Å². The summed E-state index contributed by atoms with van der Waals surface area (Å²) in [5.41, 5.74) is 1.61. The molecule has 0 spiro atoms. The minimum absolute atomic E-state index is 0.0662. The van der Waals surface area contributed by atoms with E-state index < -0.39 is 0 Å². The highest BCUT2D eigenvalue weighted by Crippen LogP contribution is 2.28. The summed E-state index contributed by atoms with van der Waals surface area (Å²) < 4.78 is 1.71. The largest absolute Gasteiger partial charge is 0.348 e. The number of nitrogens with zero attached hydrogens (tertiary/aromatic N) is 3. The van der Waals surface area contributed by atoms with E-state index in [-0.39, 0.29) is 11.9 Å². The number of fused-ring (bicyclic) bond motifs is 3. The van der Waals surface area contributed by atoms with Crippen molar-refractivity contribution in [3.63, 3.8) is 0 Å². The molecular formula is C15H15N5O. The monoisotopic (exact) mass is 281 g/mol. The quantitative estimate of drug-likeness (QED) is 0.854. The summed E-state index contributed by atoms with van der Waals surface area (Å²) in [6.07, 6.45) is 6.73. The number of rotatable bonds is 2. The van der Waals surface area contributed by atoms with Crippen LogP contribution in [0.25, 0.3) is 5.65 Å². The molecule has 2 aromatic heterocycles. The zero-order valence-electron chi connectivity index (χ0n) is 11.4. The van der Waals surface area contributed by atoms with E-state index in [9.17, 15) is 4.79 Å². The molecule has 2 aliphatic rings. The Labute approximate surface area is 121 Å². The molecule has 4 heterocycles. The minimum atomic E-state index is -0.0662. The van der Waals surface area contributed by atoms with E-state index in [2.05, 4.69) is 15.6 Å². The van der Waals surface area contributed by atoms with Gasteiger partial charge in [-0.3, -0.25) is 4.79 Å². The van der Waals surface area contributed by atoms with Gasteiger partial charge in [-0.15, -0.1) is 0 Å². The third kappa shape index (κ3) is 2.06. The Morgan fingerprint density at radius 2 is 2.33 bits per heavy atom. The fourth-order valence-corrected chi connectivity index (χ4v) is 3.42. The molecule has 21 heavy (non-hydrogen) atoms. The predicted molar refractivity (Wildman–Crippen MR) is 75.7 cm³/mol. The molecule has 0 aromatic carbocycles. The second-order valence-corrected chi connectivity index (χ2v) is 5.78. The third-order valence-electron chi connectivity index (χ3n) is 4.44. The number of imidazole rings is 1. The number of aromatic nitrogens is 2. The number of hydrogen-bond acceptors (Lipinski definition) is 4. The topological polar surface area (TPSA) is 82.2 Å². The molecule has 4 rings (SSSR count). The van der Waals surface area contributed by atoms with Crippen LogP contribution in [0.15, 0.2) is 24.5 Å². The van der Waals surface area contributed by atoms with Gasteiger partial charge in [-0.1, -0.05) is 0 Å². The van der Waals surface area contributed by atoms with Crippen molar-refractivity contribution in [2.75, 3.05) is 0 Å². The summed E-state index contributed by atoms with van der Waals surface area (Å²) in [7, 11) is 0. The van der Waals surface area contributed by atoms with Crippen molar-refractivity contribution in [2.24, 2.45) is 0 Å². The van der Waals surface area contributed by atoms with Crippen molar-refractivity contribution < 1.29 is 4.79 Å². The van der Waals surface area contributed by atoms with Gasteiger partial charge in [0.2, 0.25) is 0 Å². The van der Waals surface area contributed by atoms with E-state index in [4.69, 9.17) is 5.26 Å². The molecule has 6 nitrogen and oxygen atoms in total. The predicted octanol–water partition coefficient (Wildman–Crippen LogP) is 0.829. The van der Waals surface area contributed by atoms with Crippen molar-refractivity contribution >= 4 is 11.6 Å². The average Bonchev–Trinajstić information content (AvgIpc) is 3.20. The SMILES string of the molecule is N#Cc1cn2cc(C(=O)N[C@@H]3C[C@H]4CC[C@@H]3N4)ccc2n1. The highest BCUT2D eigenvalue weighted by molar-refractivity contribution is 5.94. The lowest BCUT2D eigenvalue weighted by molar-refractivity contribution is 0.0930. The van der Waals surface area contributed by atoms with Gasteiger partial charge in [0.25, 0.3) is 5.91 Å². The zero-order valence-corrected chi connectivity index (χ0v) is 11.4. The molecule has 2 saturated heterocycles. The summed E-state index contributed by atoms with van der Waals surface area (Å²) in [5, 5.41) is 15.5. The Kier molecular flexibility index (Phi) is 2.69. The van der Waals surface area contributed by atoms with E-state index in [1.54, 1.807) is 28.9 Å². The number of carbonyl (C=O) groups is 1. The second kappa shape index (κ2) is 4.57. The maximum absolute atomic E-state index is 12.4. The second-order valence-electron chi connectivity index (χ2n) is 5.78. The van der Waals surface area contributed by atoms with Gasteiger partial charge < -0.3 is 15.0 Å². The van der Waals surface area contributed by atoms with Gasteiger partial charge >= 0.3 is 0 Å². The van der Waals surface area contributed by atoms with Crippen LogP contribution in [0.2, 0.25) is 0 Å². The van der Waals surface area contributed by atoms with Crippen molar-refractivity contribution in [1.82, 2.24) is 20.0 Å². The Morgan fingerprint density at radius 3 is 3.05 bits per heavy atom. The van der Waals surface area contributed by atoms with Crippen LogP contribution in [0, 0.1) is 11.3 Å². The normalized spacial score (nSPS) is 26.9. The summed E-state index contributed by atoms with van der Waals surface area (Å²) in [5.74, 6) is -0.0662. The molecule has 3 atom stereocenters. The van der Waals surface area contributed by atoms with E-state index in [0.29, 0.717) is 29.0 Å². The lowest BCUT2D eigenvalue weighted by Crippen LogP contribution is -2.42. The first kappa shape index (κ1) is 12.4. The molecule has 2 N–H and O–H groups in total. The lowest BCUT2D eigenvalue weighted by Gasteiger charge is -2.21. The Morgan fingerprint density at radius 1 is 1.43 bits per heavy atom. The van der Waals surface area contributed by atoms with E-state index >= 15 is 0 Å². The van der Waals surface area contributed by atoms with E-state index in [1.165, 1.54) is 6.42 Å². The van der Waals surface area contributed by atoms with Crippen LogP contribution >= 0.6 is 0 Å². The molecule has 2 aromatic rings. The molecule has 6 heteroatoms. The van der Waals surface area contributed by atoms with Crippen LogP contribution in [0.4, 0.5) is 0 Å². The molecule has 0 unspecified atom stereocenters. The van der Waals surface area contributed by atoms with Crippen molar-refractivity contribution in [3.05, 3.63) is 35.8 Å². The van der Waals surface area contributed by atoms with Gasteiger partial charge in [-0.25, -0.2) is 4.98 Å². The van der Waals surface area contributed by atoms with Crippen molar-refractivity contribution in [2.45, 2.75) is 37.4 Å². The number of amides is 1. The maximum Gasteiger partial charge on any atom is 0.253 e. The lowest BCUT2D eigenvalue weighted by atomic mass is 9.95. The molecule has 2 fully saturated rings. The van der Waals surface area contributed by atoms with Gasteiger partial charge in [-0.05, 0) is 31.4 Å². The number of hydrogen-bond donors (Lipinski definition) is 2. The van der Waals surface area contributed by atoms with Crippen LogP contribution in [-0.4, -0.2) is 33.4 Å². The fourth-order valence-electron chi connectivity index (χ4n) is 3.42. The van der Waals surface area contributed by atoms with Crippen LogP contribution < -0.4 is 10.6 Å². The molecule has 0 saturated carbocycles. The first-order valence-corrected chi connectivity index (χ1v) is 7.19. The first-order chi connectivity index (χ1) is 10.2. The molecular weight excluding hydrogens is 266 g/mol. The number of nitrogens with one attached hydrogen (secondary N) is 2. The Hall–Kier alpha value is -2.39. The highest BCUT2D eigenvalue weighted by Gasteiger charge is 2.39. The number of pyridine rings is 1. The van der Waals surface area contributed by atoms with Gasteiger partial charge in [0.1, 0.15) is 11.7 Å². The molecule has 106 valence electrons. The molecule has 2 bridgehead atoms. The highest BCUT2D eigenvalue weighted by atomic mass is 16.1. The molecule has 2 aliphatic heterocycles. The zero-order chi connectivity index (χ0) is 14.4. The molecule has 0 aliphatic carbocycles. The van der Waals surface area contributed by atoms with E-state index in [1.807, 2.05) is 6.07 Å².